The molecule has 0 N–H and O–H groups in total. The van der Waals surface area contributed by atoms with Crippen LogP contribution >= 0.6 is 11.6 Å². The third-order valence-corrected chi connectivity index (χ3v) is 3.75. The van der Waals surface area contributed by atoms with Gasteiger partial charge in [0, 0.05) is 25.2 Å². The molecule has 116 valence electrons. The molecule has 6 heteroatoms. The van der Waals surface area contributed by atoms with Crippen molar-refractivity contribution >= 4 is 17.5 Å². The third-order valence-electron chi connectivity index (χ3n) is 3.40. The summed E-state index contributed by atoms with van der Waals surface area (Å²) in [6, 6.07) is 4.14. The summed E-state index contributed by atoms with van der Waals surface area (Å²) in [5.74, 6) is -0.536. The van der Waals surface area contributed by atoms with Gasteiger partial charge in [0.2, 0.25) is 5.91 Å². The lowest BCUT2D eigenvalue weighted by molar-refractivity contribution is -0.136. The van der Waals surface area contributed by atoms with E-state index in [1.54, 1.807) is 13.1 Å². The lowest BCUT2D eigenvalue weighted by atomic mass is 10.2. The monoisotopic (exact) mass is 315 g/mol. The van der Waals surface area contributed by atoms with E-state index in [1.165, 1.54) is 17.0 Å². The smallest absolute Gasteiger partial charge is 0.248 e. The van der Waals surface area contributed by atoms with Gasteiger partial charge in [-0.3, -0.25) is 4.79 Å². The number of ether oxygens (including phenoxy) is 2. The molecular formula is C15H19ClFNO3. The van der Waals surface area contributed by atoms with Gasteiger partial charge in [0.1, 0.15) is 12.4 Å². The molecule has 4 nitrogen and oxygen atoms in total. The fourth-order valence-corrected chi connectivity index (χ4v) is 2.38. The SMILES string of the molecule is CN(Cc1ccc(F)cc1Cl)C(=O)COCC1CCCO1. The zero-order chi connectivity index (χ0) is 15.2. The number of carbonyl (C=O) groups is 1. The van der Waals surface area contributed by atoms with Crippen molar-refractivity contribution in [2.75, 3.05) is 26.9 Å². The fraction of sp³-hybridized carbons (Fsp3) is 0.533. The minimum atomic E-state index is -0.391. The van der Waals surface area contributed by atoms with Gasteiger partial charge in [-0.15, -0.1) is 0 Å². The molecule has 0 bridgehead atoms. The van der Waals surface area contributed by atoms with Gasteiger partial charge in [-0.1, -0.05) is 17.7 Å². The molecule has 1 amide bonds. The first-order valence-corrected chi connectivity index (χ1v) is 7.31. The van der Waals surface area contributed by atoms with Crippen LogP contribution in [0.5, 0.6) is 0 Å². The normalized spacial score (nSPS) is 18.0. The quantitative estimate of drug-likeness (QED) is 0.810. The largest absolute Gasteiger partial charge is 0.376 e. The number of hydrogen-bond acceptors (Lipinski definition) is 3. The maximum Gasteiger partial charge on any atom is 0.248 e. The Hall–Kier alpha value is -1.17. The van der Waals surface area contributed by atoms with Crippen molar-refractivity contribution in [2.45, 2.75) is 25.5 Å². The Labute approximate surface area is 128 Å². The molecule has 1 aliphatic heterocycles. The minimum Gasteiger partial charge on any atom is -0.376 e. The molecule has 1 fully saturated rings. The van der Waals surface area contributed by atoms with E-state index in [-0.39, 0.29) is 18.6 Å². The summed E-state index contributed by atoms with van der Waals surface area (Å²) in [5, 5.41) is 0.315. The Balaban J connectivity index is 1.76. The average molecular weight is 316 g/mol. The molecule has 1 saturated heterocycles. The maximum atomic E-state index is 13.0. The minimum absolute atomic E-state index is 0.00910. The average Bonchev–Trinajstić information content (AvgIpc) is 2.95. The van der Waals surface area contributed by atoms with Crippen LogP contribution in [0.4, 0.5) is 4.39 Å². The highest BCUT2D eigenvalue weighted by atomic mass is 35.5. The molecule has 1 aliphatic rings. The molecule has 0 radical (unpaired) electrons. The zero-order valence-corrected chi connectivity index (χ0v) is 12.7. The molecule has 21 heavy (non-hydrogen) atoms. The van der Waals surface area contributed by atoms with Crippen molar-refractivity contribution in [2.24, 2.45) is 0 Å². The van der Waals surface area contributed by atoms with Crippen LogP contribution in [0.1, 0.15) is 18.4 Å². The number of nitrogens with zero attached hydrogens (tertiary/aromatic N) is 1. The molecule has 1 aromatic carbocycles. The molecule has 1 atom stereocenters. The van der Waals surface area contributed by atoms with E-state index in [0.29, 0.717) is 23.7 Å². The van der Waals surface area contributed by atoms with Crippen molar-refractivity contribution in [3.63, 3.8) is 0 Å². The van der Waals surface area contributed by atoms with Crippen LogP contribution in [-0.4, -0.2) is 43.8 Å². The predicted octanol–water partition coefficient (Wildman–Crippen LogP) is 2.63. The molecule has 1 unspecified atom stereocenters. The van der Waals surface area contributed by atoms with Crippen molar-refractivity contribution in [1.29, 1.82) is 0 Å². The van der Waals surface area contributed by atoms with Crippen molar-refractivity contribution < 1.29 is 18.7 Å². The standard InChI is InChI=1S/C15H19ClFNO3/c1-18(8-11-4-5-12(17)7-14(11)16)15(19)10-20-9-13-3-2-6-21-13/h4-5,7,13H,2-3,6,8-10H2,1H3. The molecule has 2 rings (SSSR count). The first-order chi connectivity index (χ1) is 10.1. The van der Waals surface area contributed by atoms with Crippen LogP contribution in [-0.2, 0) is 20.8 Å². The summed E-state index contributed by atoms with van der Waals surface area (Å²) in [5.41, 5.74) is 0.702. The van der Waals surface area contributed by atoms with E-state index >= 15 is 0 Å². The molecule has 0 aliphatic carbocycles. The fourth-order valence-electron chi connectivity index (χ4n) is 2.16. The Bertz CT molecular complexity index is 492. The van der Waals surface area contributed by atoms with Gasteiger partial charge in [0.25, 0.3) is 0 Å². The van der Waals surface area contributed by atoms with Gasteiger partial charge in [0.15, 0.2) is 0 Å². The van der Waals surface area contributed by atoms with E-state index in [4.69, 9.17) is 21.1 Å². The third kappa shape index (κ3) is 4.95. The van der Waals surface area contributed by atoms with Gasteiger partial charge >= 0.3 is 0 Å². The maximum absolute atomic E-state index is 13.0. The Morgan fingerprint density at radius 2 is 2.38 bits per heavy atom. The number of halogens is 2. The zero-order valence-electron chi connectivity index (χ0n) is 12.0. The lowest BCUT2D eigenvalue weighted by Gasteiger charge is -2.18. The first kappa shape index (κ1) is 16.2. The molecule has 0 aromatic heterocycles. The van der Waals surface area contributed by atoms with Crippen molar-refractivity contribution in [1.82, 2.24) is 4.90 Å². The van der Waals surface area contributed by atoms with Crippen LogP contribution in [0, 0.1) is 5.82 Å². The first-order valence-electron chi connectivity index (χ1n) is 6.93. The van der Waals surface area contributed by atoms with Crippen LogP contribution < -0.4 is 0 Å². The summed E-state index contributed by atoms with van der Waals surface area (Å²) in [4.78, 5) is 13.5. The molecule has 0 saturated carbocycles. The molecular weight excluding hydrogens is 297 g/mol. The Kier molecular flexibility index (Phi) is 5.96. The number of carbonyl (C=O) groups excluding carboxylic acids is 1. The Morgan fingerprint density at radius 1 is 1.57 bits per heavy atom. The Morgan fingerprint density at radius 3 is 3.05 bits per heavy atom. The molecule has 1 heterocycles. The molecule has 0 spiro atoms. The highest BCUT2D eigenvalue weighted by molar-refractivity contribution is 6.31. The van der Waals surface area contributed by atoms with Gasteiger partial charge in [-0.25, -0.2) is 4.39 Å². The van der Waals surface area contributed by atoms with Gasteiger partial charge in [-0.05, 0) is 30.5 Å². The lowest BCUT2D eigenvalue weighted by Crippen LogP contribution is -2.31. The van der Waals surface area contributed by atoms with Crippen LogP contribution in [0.15, 0.2) is 18.2 Å². The summed E-state index contributed by atoms with van der Waals surface area (Å²) in [6.45, 7) is 1.54. The van der Waals surface area contributed by atoms with Gasteiger partial charge in [0.05, 0.1) is 12.7 Å². The summed E-state index contributed by atoms with van der Waals surface area (Å²) >= 11 is 5.94. The second-order valence-electron chi connectivity index (χ2n) is 5.14. The number of likely N-dealkylation sites (N-methyl/N-ethyl adjacent to an activating group) is 1. The number of amides is 1. The van der Waals surface area contributed by atoms with E-state index in [2.05, 4.69) is 0 Å². The second-order valence-corrected chi connectivity index (χ2v) is 5.54. The number of hydrogen-bond donors (Lipinski definition) is 0. The topological polar surface area (TPSA) is 38.8 Å². The molecule has 1 aromatic rings. The summed E-state index contributed by atoms with van der Waals surface area (Å²) in [7, 11) is 1.66. The van der Waals surface area contributed by atoms with Gasteiger partial charge < -0.3 is 14.4 Å². The summed E-state index contributed by atoms with van der Waals surface area (Å²) < 4.78 is 23.8. The van der Waals surface area contributed by atoms with Crippen LogP contribution in [0.25, 0.3) is 0 Å². The summed E-state index contributed by atoms with van der Waals surface area (Å²) in [6.07, 6.45) is 2.13. The van der Waals surface area contributed by atoms with Crippen LogP contribution in [0.2, 0.25) is 5.02 Å². The predicted molar refractivity (Wildman–Crippen MR) is 77.7 cm³/mol. The van der Waals surface area contributed by atoms with Crippen LogP contribution in [0.3, 0.4) is 0 Å². The van der Waals surface area contributed by atoms with E-state index in [0.717, 1.165) is 19.4 Å². The highest BCUT2D eigenvalue weighted by Crippen LogP contribution is 2.18. The van der Waals surface area contributed by atoms with Crippen molar-refractivity contribution in [3.05, 3.63) is 34.6 Å². The number of rotatable bonds is 6. The highest BCUT2D eigenvalue weighted by Gasteiger charge is 2.17. The second kappa shape index (κ2) is 7.73. The van der Waals surface area contributed by atoms with Crippen molar-refractivity contribution in [3.8, 4) is 0 Å². The van der Waals surface area contributed by atoms with E-state index in [1.807, 2.05) is 0 Å². The number of benzene rings is 1. The van der Waals surface area contributed by atoms with E-state index in [9.17, 15) is 9.18 Å². The van der Waals surface area contributed by atoms with Gasteiger partial charge in [-0.2, -0.15) is 0 Å². The van der Waals surface area contributed by atoms with E-state index < -0.39 is 5.82 Å².